The van der Waals surface area contributed by atoms with Gasteiger partial charge in [0.15, 0.2) is 5.15 Å². The molecule has 0 atom stereocenters. The normalized spacial score (nSPS) is 10.7. The van der Waals surface area contributed by atoms with E-state index < -0.39 is 18.3 Å². The molecule has 0 aliphatic rings. The van der Waals surface area contributed by atoms with E-state index in [2.05, 4.69) is 19.7 Å². The summed E-state index contributed by atoms with van der Waals surface area (Å²) in [6, 6.07) is 2.55. The van der Waals surface area contributed by atoms with Crippen LogP contribution in [0.15, 0.2) is 24.5 Å². The third kappa shape index (κ3) is 2.86. The molecule has 0 unspecified atom stereocenters. The summed E-state index contributed by atoms with van der Waals surface area (Å²) in [6.45, 7) is -3.04. The third-order valence-corrected chi connectivity index (χ3v) is 2.14. The number of hydrogen-bond donors (Lipinski definition) is 0. The lowest BCUT2D eigenvalue weighted by atomic mass is 10.3. The summed E-state index contributed by atoms with van der Waals surface area (Å²) in [6.07, 6.45) is 2.15. The highest BCUT2D eigenvalue weighted by molar-refractivity contribution is 6.30. The Kier molecular flexibility index (Phi) is 3.61. The first-order chi connectivity index (χ1) is 8.56. The van der Waals surface area contributed by atoms with Crippen molar-refractivity contribution in [3.05, 3.63) is 35.5 Å². The number of ether oxygens (including phenoxy) is 1. The molecule has 0 N–H and O–H groups in total. The van der Waals surface area contributed by atoms with Crippen molar-refractivity contribution in [2.45, 2.75) is 6.61 Å². The van der Waals surface area contributed by atoms with Crippen LogP contribution in [0.4, 0.5) is 13.2 Å². The predicted octanol–water partition coefficient (Wildman–Crippen LogP) is 2.93. The number of pyridine rings is 1. The van der Waals surface area contributed by atoms with Gasteiger partial charge in [0.25, 0.3) is 5.88 Å². The van der Waals surface area contributed by atoms with Gasteiger partial charge in [0.2, 0.25) is 0 Å². The molecule has 2 aromatic heterocycles. The first-order valence-electron chi connectivity index (χ1n) is 4.65. The van der Waals surface area contributed by atoms with Crippen LogP contribution >= 0.6 is 11.6 Å². The zero-order valence-electron chi connectivity index (χ0n) is 8.65. The molecule has 0 aliphatic carbocycles. The van der Waals surface area contributed by atoms with Gasteiger partial charge in [-0.15, -0.1) is 0 Å². The van der Waals surface area contributed by atoms with Crippen LogP contribution in [-0.2, 0) is 0 Å². The molecule has 4 nitrogen and oxygen atoms in total. The van der Waals surface area contributed by atoms with Gasteiger partial charge in [0.05, 0.1) is 18.1 Å². The molecule has 0 amide bonds. The number of halogens is 4. The minimum Gasteiger partial charge on any atom is -0.414 e. The second-order valence-electron chi connectivity index (χ2n) is 3.09. The van der Waals surface area contributed by atoms with Gasteiger partial charge in [-0.2, -0.15) is 8.78 Å². The molecule has 2 aromatic rings. The van der Waals surface area contributed by atoms with Crippen LogP contribution in [0, 0.1) is 5.82 Å². The molecule has 2 rings (SSSR count). The number of rotatable bonds is 3. The number of alkyl halides is 2. The molecular formula is C10H5ClF3N3O. The monoisotopic (exact) mass is 275 g/mol. The molecule has 0 bridgehead atoms. The minimum absolute atomic E-state index is 0.224. The van der Waals surface area contributed by atoms with E-state index in [1.807, 2.05) is 0 Å². The highest BCUT2D eigenvalue weighted by Crippen LogP contribution is 2.24. The molecule has 18 heavy (non-hydrogen) atoms. The van der Waals surface area contributed by atoms with Crippen LogP contribution in [0.1, 0.15) is 0 Å². The minimum atomic E-state index is -3.04. The van der Waals surface area contributed by atoms with Gasteiger partial charge in [-0.25, -0.2) is 14.4 Å². The molecule has 0 spiro atoms. The maximum Gasteiger partial charge on any atom is 0.388 e. The van der Waals surface area contributed by atoms with Crippen molar-refractivity contribution in [2.24, 2.45) is 0 Å². The van der Waals surface area contributed by atoms with Gasteiger partial charge in [0.1, 0.15) is 11.5 Å². The van der Waals surface area contributed by atoms with E-state index in [0.29, 0.717) is 5.69 Å². The standard InChI is InChI=1S/C10H5ClF3N3O/c11-8-9(18-10(13)14)16-4-7(17-8)6-2-1-5(12)3-15-6/h1-4,10H. The Balaban J connectivity index is 2.31. The quantitative estimate of drug-likeness (QED) is 0.864. The summed E-state index contributed by atoms with van der Waals surface area (Å²) in [5.74, 6) is -0.979. The van der Waals surface area contributed by atoms with Crippen molar-refractivity contribution in [3.63, 3.8) is 0 Å². The van der Waals surface area contributed by atoms with Gasteiger partial charge >= 0.3 is 6.61 Å². The molecule has 2 heterocycles. The molecule has 8 heteroatoms. The molecule has 0 saturated carbocycles. The fraction of sp³-hybridized carbons (Fsp3) is 0.100. The third-order valence-electron chi connectivity index (χ3n) is 1.89. The fourth-order valence-corrected chi connectivity index (χ4v) is 1.35. The molecule has 0 aromatic carbocycles. The summed E-state index contributed by atoms with van der Waals surface area (Å²) in [7, 11) is 0. The lowest BCUT2D eigenvalue weighted by Crippen LogP contribution is -2.05. The van der Waals surface area contributed by atoms with Crippen LogP contribution < -0.4 is 4.74 Å². The molecular weight excluding hydrogens is 271 g/mol. The Morgan fingerprint density at radius 1 is 1.11 bits per heavy atom. The molecule has 0 aliphatic heterocycles. The van der Waals surface area contributed by atoms with Gasteiger partial charge in [0, 0.05) is 0 Å². The zero-order chi connectivity index (χ0) is 13.1. The van der Waals surface area contributed by atoms with Crippen molar-refractivity contribution in [1.29, 1.82) is 0 Å². The summed E-state index contributed by atoms with van der Waals surface area (Å²) >= 11 is 5.62. The van der Waals surface area contributed by atoms with Crippen molar-refractivity contribution < 1.29 is 17.9 Å². The van der Waals surface area contributed by atoms with Gasteiger partial charge in [-0.05, 0) is 12.1 Å². The molecule has 0 saturated heterocycles. The predicted molar refractivity (Wildman–Crippen MR) is 56.9 cm³/mol. The van der Waals surface area contributed by atoms with Crippen LogP contribution in [-0.4, -0.2) is 21.6 Å². The highest BCUT2D eigenvalue weighted by atomic mass is 35.5. The van der Waals surface area contributed by atoms with E-state index in [1.165, 1.54) is 12.1 Å². The maximum absolute atomic E-state index is 12.7. The van der Waals surface area contributed by atoms with Crippen molar-refractivity contribution in [3.8, 4) is 17.3 Å². The molecule has 0 fully saturated rings. The zero-order valence-corrected chi connectivity index (χ0v) is 9.40. The Labute approximate surface area is 104 Å². The van der Waals surface area contributed by atoms with Crippen molar-refractivity contribution >= 4 is 11.6 Å². The lowest BCUT2D eigenvalue weighted by Gasteiger charge is -2.05. The maximum atomic E-state index is 12.7. The van der Waals surface area contributed by atoms with Gasteiger partial charge in [-0.1, -0.05) is 11.6 Å². The summed E-state index contributed by atoms with van der Waals surface area (Å²) in [4.78, 5) is 11.1. The Bertz CT molecular complexity index is 551. The van der Waals surface area contributed by atoms with E-state index in [-0.39, 0.29) is 10.8 Å². The van der Waals surface area contributed by atoms with Gasteiger partial charge in [-0.3, -0.25) is 4.98 Å². The van der Waals surface area contributed by atoms with Gasteiger partial charge < -0.3 is 4.74 Å². The first-order valence-corrected chi connectivity index (χ1v) is 5.03. The van der Waals surface area contributed by atoms with Crippen LogP contribution in [0.2, 0.25) is 5.15 Å². The summed E-state index contributed by atoms with van der Waals surface area (Å²) in [5.41, 5.74) is 0.538. The number of nitrogens with zero attached hydrogens (tertiary/aromatic N) is 3. The molecule has 0 radical (unpaired) electrons. The van der Waals surface area contributed by atoms with E-state index in [4.69, 9.17) is 11.6 Å². The van der Waals surface area contributed by atoms with E-state index in [9.17, 15) is 13.2 Å². The van der Waals surface area contributed by atoms with E-state index in [1.54, 1.807) is 0 Å². The summed E-state index contributed by atoms with van der Waals surface area (Å²) < 4.78 is 40.6. The second kappa shape index (κ2) is 5.18. The lowest BCUT2D eigenvalue weighted by molar-refractivity contribution is -0.0530. The highest BCUT2D eigenvalue weighted by Gasteiger charge is 2.13. The average Bonchev–Trinajstić information content (AvgIpc) is 2.32. The largest absolute Gasteiger partial charge is 0.414 e. The average molecular weight is 276 g/mol. The van der Waals surface area contributed by atoms with Crippen molar-refractivity contribution in [1.82, 2.24) is 15.0 Å². The van der Waals surface area contributed by atoms with Crippen molar-refractivity contribution in [2.75, 3.05) is 0 Å². The number of hydrogen-bond acceptors (Lipinski definition) is 4. The SMILES string of the molecule is Fc1ccc(-c2cnc(OC(F)F)c(Cl)n2)nc1. The topological polar surface area (TPSA) is 47.9 Å². The van der Waals surface area contributed by atoms with Crippen LogP contribution in [0.3, 0.4) is 0 Å². The number of aromatic nitrogens is 3. The Morgan fingerprint density at radius 3 is 2.44 bits per heavy atom. The fourth-order valence-electron chi connectivity index (χ4n) is 1.17. The molecule has 94 valence electrons. The van der Waals surface area contributed by atoms with Crippen LogP contribution in [0.5, 0.6) is 5.88 Å². The first kappa shape index (κ1) is 12.6. The van der Waals surface area contributed by atoms with Crippen LogP contribution in [0.25, 0.3) is 11.4 Å². The summed E-state index contributed by atoms with van der Waals surface area (Å²) in [5, 5.41) is -0.320. The Morgan fingerprint density at radius 2 is 1.89 bits per heavy atom. The van der Waals surface area contributed by atoms with E-state index in [0.717, 1.165) is 12.4 Å². The van der Waals surface area contributed by atoms with E-state index >= 15 is 0 Å². The Hall–Kier alpha value is -1.89. The second-order valence-corrected chi connectivity index (χ2v) is 3.45. The smallest absolute Gasteiger partial charge is 0.388 e.